The molecule has 2 saturated carbocycles. The molecule has 0 aromatic carbocycles. The van der Waals surface area contributed by atoms with E-state index >= 15 is 0 Å². The van der Waals surface area contributed by atoms with Crippen molar-refractivity contribution in [2.24, 2.45) is 23.3 Å². The number of alkyl halides is 6. The molecule has 4 atom stereocenters. The second-order valence-electron chi connectivity index (χ2n) is 6.76. The van der Waals surface area contributed by atoms with Gasteiger partial charge in [-0.25, -0.2) is 0 Å². The molecule has 8 heteroatoms. The molecule has 4 N–H and O–H groups in total. The van der Waals surface area contributed by atoms with Crippen molar-refractivity contribution < 1.29 is 26.3 Å². The van der Waals surface area contributed by atoms with Gasteiger partial charge < -0.3 is 11.5 Å². The van der Waals surface area contributed by atoms with Gasteiger partial charge in [0.1, 0.15) is 5.54 Å². The van der Waals surface area contributed by atoms with Crippen LogP contribution in [0.3, 0.4) is 0 Å². The van der Waals surface area contributed by atoms with Crippen LogP contribution in [-0.2, 0) is 0 Å². The largest absolute Gasteiger partial charge is 0.408 e. The fourth-order valence-corrected chi connectivity index (χ4v) is 4.34. The van der Waals surface area contributed by atoms with Crippen molar-refractivity contribution in [3.63, 3.8) is 0 Å². The van der Waals surface area contributed by atoms with Crippen LogP contribution in [0.15, 0.2) is 0 Å². The maximum absolute atomic E-state index is 13.5. The second-order valence-corrected chi connectivity index (χ2v) is 6.76. The van der Waals surface area contributed by atoms with Gasteiger partial charge in [-0.2, -0.15) is 26.3 Å². The van der Waals surface area contributed by atoms with Crippen LogP contribution in [0.5, 0.6) is 0 Å². The SMILES string of the molecule is NC1(C2CCCCC2C(F)(F)F)CCCCC1(N)C(F)(F)F. The maximum atomic E-state index is 13.5. The average Bonchev–Trinajstić information content (AvgIpc) is 2.40. The first-order valence-corrected chi connectivity index (χ1v) is 7.65. The normalized spacial score (nSPS) is 41.5. The van der Waals surface area contributed by atoms with Gasteiger partial charge in [0.2, 0.25) is 0 Å². The molecular formula is C14H22F6N2. The zero-order chi connectivity index (χ0) is 16.8. The highest BCUT2D eigenvalue weighted by Gasteiger charge is 2.68. The molecule has 2 aliphatic rings. The lowest BCUT2D eigenvalue weighted by molar-refractivity contribution is -0.246. The van der Waals surface area contributed by atoms with Gasteiger partial charge in [0.25, 0.3) is 0 Å². The Morgan fingerprint density at radius 3 is 1.86 bits per heavy atom. The van der Waals surface area contributed by atoms with Crippen LogP contribution in [0.1, 0.15) is 51.4 Å². The maximum Gasteiger partial charge on any atom is 0.408 e. The zero-order valence-electron chi connectivity index (χ0n) is 12.2. The molecule has 2 rings (SSSR count). The molecule has 0 radical (unpaired) electrons. The molecule has 130 valence electrons. The van der Waals surface area contributed by atoms with E-state index in [4.69, 9.17) is 11.5 Å². The number of hydrogen-bond acceptors (Lipinski definition) is 2. The van der Waals surface area contributed by atoms with Gasteiger partial charge in [0.15, 0.2) is 0 Å². The molecule has 2 aliphatic carbocycles. The first-order valence-electron chi connectivity index (χ1n) is 7.65. The topological polar surface area (TPSA) is 52.0 Å². The monoisotopic (exact) mass is 332 g/mol. The second kappa shape index (κ2) is 5.54. The summed E-state index contributed by atoms with van der Waals surface area (Å²) in [6.07, 6.45) is -8.54. The highest BCUT2D eigenvalue weighted by atomic mass is 19.4. The Morgan fingerprint density at radius 2 is 1.32 bits per heavy atom. The molecular weight excluding hydrogens is 310 g/mol. The Morgan fingerprint density at radius 1 is 0.773 bits per heavy atom. The minimum atomic E-state index is -4.81. The summed E-state index contributed by atoms with van der Waals surface area (Å²) >= 11 is 0. The van der Waals surface area contributed by atoms with Crippen molar-refractivity contribution in [2.75, 3.05) is 0 Å². The Kier molecular flexibility index (Phi) is 4.50. The van der Waals surface area contributed by atoms with Gasteiger partial charge in [-0.3, -0.25) is 0 Å². The Labute approximate surface area is 125 Å². The minimum Gasteiger partial charge on any atom is -0.323 e. The van der Waals surface area contributed by atoms with E-state index in [-0.39, 0.29) is 25.7 Å². The van der Waals surface area contributed by atoms with E-state index in [1.54, 1.807) is 0 Å². The first kappa shape index (κ1) is 17.8. The van der Waals surface area contributed by atoms with Crippen LogP contribution in [-0.4, -0.2) is 23.4 Å². The quantitative estimate of drug-likeness (QED) is 0.716. The highest BCUT2D eigenvalue weighted by molar-refractivity contribution is 5.17. The Balaban J connectivity index is 2.44. The van der Waals surface area contributed by atoms with E-state index < -0.39 is 41.7 Å². The minimum absolute atomic E-state index is 0.0513. The highest BCUT2D eigenvalue weighted by Crippen LogP contribution is 2.54. The van der Waals surface area contributed by atoms with Gasteiger partial charge in [-0.15, -0.1) is 0 Å². The molecule has 0 saturated heterocycles. The lowest BCUT2D eigenvalue weighted by Crippen LogP contribution is -2.77. The summed E-state index contributed by atoms with van der Waals surface area (Å²) in [5.41, 5.74) is 6.88. The van der Waals surface area contributed by atoms with Gasteiger partial charge in [0, 0.05) is 5.54 Å². The molecule has 0 spiro atoms. The van der Waals surface area contributed by atoms with E-state index in [9.17, 15) is 26.3 Å². The van der Waals surface area contributed by atoms with E-state index in [0.717, 1.165) is 0 Å². The van der Waals surface area contributed by atoms with Gasteiger partial charge in [-0.05, 0) is 31.6 Å². The van der Waals surface area contributed by atoms with E-state index in [1.807, 2.05) is 0 Å². The molecule has 0 heterocycles. The van der Waals surface area contributed by atoms with Crippen molar-refractivity contribution in [3.8, 4) is 0 Å². The van der Waals surface area contributed by atoms with Gasteiger partial charge in [0.05, 0.1) is 5.92 Å². The molecule has 4 unspecified atom stereocenters. The van der Waals surface area contributed by atoms with Crippen LogP contribution < -0.4 is 11.5 Å². The first-order chi connectivity index (χ1) is 9.93. The number of halogens is 6. The summed E-state index contributed by atoms with van der Waals surface area (Å²) < 4.78 is 80.4. The average molecular weight is 332 g/mol. The summed E-state index contributed by atoms with van der Waals surface area (Å²) in [6.45, 7) is 0. The Bertz CT molecular complexity index is 407. The van der Waals surface area contributed by atoms with Crippen LogP contribution in [0.2, 0.25) is 0 Å². The summed E-state index contributed by atoms with van der Waals surface area (Å²) in [6, 6.07) is 0. The molecule has 22 heavy (non-hydrogen) atoms. The summed E-state index contributed by atoms with van der Waals surface area (Å²) in [5.74, 6) is -3.07. The van der Waals surface area contributed by atoms with Gasteiger partial charge >= 0.3 is 12.4 Å². The van der Waals surface area contributed by atoms with Crippen LogP contribution >= 0.6 is 0 Å². The number of rotatable bonds is 1. The molecule has 2 nitrogen and oxygen atoms in total. The van der Waals surface area contributed by atoms with E-state index in [2.05, 4.69) is 0 Å². The predicted molar refractivity (Wildman–Crippen MR) is 69.9 cm³/mol. The van der Waals surface area contributed by atoms with Crippen LogP contribution in [0.25, 0.3) is 0 Å². The van der Waals surface area contributed by atoms with Gasteiger partial charge in [-0.1, -0.05) is 25.7 Å². The fourth-order valence-electron chi connectivity index (χ4n) is 4.34. The van der Waals surface area contributed by atoms with Crippen molar-refractivity contribution >= 4 is 0 Å². The molecule has 0 aliphatic heterocycles. The molecule has 2 fully saturated rings. The molecule has 0 bridgehead atoms. The number of hydrogen-bond donors (Lipinski definition) is 2. The predicted octanol–water partition coefficient (Wildman–Crippen LogP) is 3.89. The lowest BCUT2D eigenvalue weighted by atomic mass is 9.56. The smallest absolute Gasteiger partial charge is 0.323 e. The van der Waals surface area contributed by atoms with Crippen LogP contribution in [0, 0.1) is 11.8 Å². The fraction of sp³-hybridized carbons (Fsp3) is 1.00. The summed E-state index contributed by atoms with van der Waals surface area (Å²) in [7, 11) is 0. The van der Waals surface area contributed by atoms with Crippen LogP contribution in [0.4, 0.5) is 26.3 Å². The molecule has 0 aromatic heterocycles. The van der Waals surface area contributed by atoms with Crippen molar-refractivity contribution in [2.45, 2.75) is 74.8 Å². The summed E-state index contributed by atoms with van der Waals surface area (Å²) in [5, 5.41) is 0. The zero-order valence-corrected chi connectivity index (χ0v) is 12.2. The third-order valence-electron chi connectivity index (χ3n) is 5.60. The van der Waals surface area contributed by atoms with E-state index in [0.29, 0.717) is 19.3 Å². The lowest BCUT2D eigenvalue weighted by Gasteiger charge is -2.56. The number of nitrogens with two attached hydrogens (primary N) is 2. The molecule has 0 aromatic rings. The standard InChI is InChI=1S/C14H22F6N2/c15-13(16,17)10-6-2-1-5-9(10)11(21)7-3-4-8-12(11,22)14(18,19)20/h9-10H,1-8,21-22H2. The summed E-state index contributed by atoms with van der Waals surface area (Å²) in [4.78, 5) is 0. The van der Waals surface area contributed by atoms with E-state index in [1.165, 1.54) is 0 Å². The molecule has 0 amide bonds. The third-order valence-corrected chi connectivity index (χ3v) is 5.60. The Hall–Kier alpha value is -0.500. The van der Waals surface area contributed by atoms with Crippen molar-refractivity contribution in [1.82, 2.24) is 0 Å². The van der Waals surface area contributed by atoms with Crippen molar-refractivity contribution in [3.05, 3.63) is 0 Å². The third kappa shape index (κ3) is 2.72. The van der Waals surface area contributed by atoms with Crippen molar-refractivity contribution in [1.29, 1.82) is 0 Å².